The fourth-order valence-corrected chi connectivity index (χ4v) is 2.15. The van der Waals surface area contributed by atoms with Gasteiger partial charge in [-0.3, -0.25) is 0 Å². The lowest BCUT2D eigenvalue weighted by molar-refractivity contribution is 0.122. The van der Waals surface area contributed by atoms with Crippen LogP contribution in [-0.4, -0.2) is 11.2 Å². The van der Waals surface area contributed by atoms with Crippen LogP contribution in [0, 0.1) is 12.8 Å². The van der Waals surface area contributed by atoms with E-state index in [9.17, 15) is 5.11 Å². The van der Waals surface area contributed by atoms with Crippen molar-refractivity contribution < 1.29 is 5.11 Å². The molecular weight excluding hydrogens is 245 g/mol. The van der Waals surface area contributed by atoms with Crippen LogP contribution in [0.3, 0.4) is 0 Å². The van der Waals surface area contributed by atoms with Gasteiger partial charge in [0, 0.05) is 5.02 Å². The molecule has 0 unspecified atom stereocenters. The van der Waals surface area contributed by atoms with Crippen molar-refractivity contribution in [2.75, 3.05) is 0 Å². The molecule has 0 heterocycles. The highest BCUT2D eigenvalue weighted by Crippen LogP contribution is 2.37. The topological polar surface area (TPSA) is 46.2 Å². The lowest BCUT2D eigenvalue weighted by Crippen LogP contribution is -2.28. The maximum absolute atomic E-state index is 9.95. The van der Waals surface area contributed by atoms with Crippen molar-refractivity contribution >= 4 is 24.0 Å². The minimum Gasteiger partial charge on any atom is -0.391 e. The fourth-order valence-electron chi connectivity index (χ4n) is 1.93. The first kappa shape index (κ1) is 13.8. The monoisotopic (exact) mass is 261 g/mol. The van der Waals surface area contributed by atoms with E-state index < -0.39 is 6.10 Å². The van der Waals surface area contributed by atoms with Gasteiger partial charge in [0.25, 0.3) is 0 Å². The predicted molar refractivity (Wildman–Crippen MR) is 69.1 cm³/mol. The van der Waals surface area contributed by atoms with E-state index in [0.717, 1.165) is 24.0 Å². The molecule has 0 amide bonds. The molecular formula is C12H17Cl2NO. The molecule has 1 fully saturated rings. The normalized spacial score (nSPS) is 18.8. The number of aliphatic hydroxyl groups is 1. The number of halogens is 2. The first-order valence-electron chi connectivity index (χ1n) is 5.29. The van der Waals surface area contributed by atoms with E-state index in [1.807, 2.05) is 25.1 Å². The molecule has 2 nitrogen and oxygen atoms in total. The number of hydrogen-bond donors (Lipinski definition) is 2. The molecule has 90 valence electrons. The second-order valence-corrected chi connectivity index (χ2v) is 4.79. The first-order chi connectivity index (χ1) is 7.09. The molecule has 1 aromatic carbocycles. The summed E-state index contributed by atoms with van der Waals surface area (Å²) in [6.07, 6.45) is 1.79. The predicted octanol–water partition coefficient (Wildman–Crippen LogP) is 2.84. The molecule has 0 saturated heterocycles. The maximum Gasteiger partial charge on any atom is 0.0760 e. The molecule has 0 aromatic heterocycles. The Morgan fingerprint density at radius 2 is 2.06 bits per heavy atom. The second kappa shape index (κ2) is 5.37. The van der Waals surface area contributed by atoms with Gasteiger partial charge in [0.15, 0.2) is 0 Å². The van der Waals surface area contributed by atoms with Gasteiger partial charge in [0.1, 0.15) is 0 Å². The lowest BCUT2D eigenvalue weighted by Gasteiger charge is -2.20. The maximum atomic E-state index is 9.95. The summed E-state index contributed by atoms with van der Waals surface area (Å²) in [5.74, 6) is 0.398. The Hall–Kier alpha value is -0.280. The zero-order valence-electron chi connectivity index (χ0n) is 9.19. The molecule has 2 rings (SSSR count). The van der Waals surface area contributed by atoms with Crippen molar-refractivity contribution in [2.45, 2.75) is 31.9 Å². The second-order valence-electron chi connectivity index (χ2n) is 4.35. The van der Waals surface area contributed by atoms with Crippen LogP contribution in [0.5, 0.6) is 0 Å². The van der Waals surface area contributed by atoms with Gasteiger partial charge in [-0.2, -0.15) is 0 Å². The minimum atomic E-state index is -0.412. The van der Waals surface area contributed by atoms with Gasteiger partial charge in [-0.1, -0.05) is 17.7 Å². The molecule has 1 saturated carbocycles. The van der Waals surface area contributed by atoms with E-state index in [-0.39, 0.29) is 18.4 Å². The molecule has 16 heavy (non-hydrogen) atoms. The Morgan fingerprint density at radius 1 is 1.44 bits per heavy atom. The Balaban J connectivity index is 0.00000128. The highest BCUT2D eigenvalue weighted by Gasteiger charge is 2.34. The molecule has 1 aliphatic carbocycles. The lowest BCUT2D eigenvalue weighted by atomic mass is 9.95. The summed E-state index contributed by atoms with van der Waals surface area (Å²) in [4.78, 5) is 0. The molecule has 4 heteroatoms. The van der Waals surface area contributed by atoms with Crippen LogP contribution in [0.15, 0.2) is 18.2 Å². The van der Waals surface area contributed by atoms with Gasteiger partial charge >= 0.3 is 0 Å². The third-order valence-electron chi connectivity index (χ3n) is 3.06. The van der Waals surface area contributed by atoms with Crippen molar-refractivity contribution in [3.8, 4) is 0 Å². The highest BCUT2D eigenvalue weighted by atomic mass is 35.5. The summed E-state index contributed by atoms with van der Waals surface area (Å²) in [7, 11) is 0. The van der Waals surface area contributed by atoms with Crippen LogP contribution >= 0.6 is 24.0 Å². The summed E-state index contributed by atoms with van der Waals surface area (Å²) in [6.45, 7) is 1.97. The van der Waals surface area contributed by atoms with Crippen LogP contribution in [0.4, 0.5) is 0 Å². The summed E-state index contributed by atoms with van der Waals surface area (Å²) in [5.41, 5.74) is 8.09. The number of rotatable bonds is 3. The third-order valence-corrected chi connectivity index (χ3v) is 3.30. The minimum absolute atomic E-state index is 0. The quantitative estimate of drug-likeness (QED) is 0.879. The van der Waals surface area contributed by atoms with Crippen molar-refractivity contribution in [3.05, 3.63) is 34.3 Å². The van der Waals surface area contributed by atoms with Gasteiger partial charge < -0.3 is 10.8 Å². The molecule has 1 aliphatic rings. The Morgan fingerprint density at radius 3 is 2.56 bits per heavy atom. The van der Waals surface area contributed by atoms with Crippen molar-refractivity contribution in [3.63, 3.8) is 0 Å². The number of benzene rings is 1. The summed E-state index contributed by atoms with van der Waals surface area (Å²) < 4.78 is 0. The average Bonchev–Trinajstić information content (AvgIpc) is 2.99. The number of hydrogen-bond acceptors (Lipinski definition) is 2. The van der Waals surface area contributed by atoms with E-state index in [1.165, 1.54) is 0 Å². The zero-order valence-corrected chi connectivity index (χ0v) is 10.8. The van der Waals surface area contributed by atoms with E-state index in [4.69, 9.17) is 17.3 Å². The van der Waals surface area contributed by atoms with Crippen LogP contribution in [0.1, 0.15) is 30.0 Å². The van der Waals surface area contributed by atoms with E-state index in [2.05, 4.69) is 0 Å². The van der Waals surface area contributed by atoms with Gasteiger partial charge in [-0.15, -0.1) is 12.4 Å². The SMILES string of the molecule is Cc1cc(Cl)ccc1[C@H](N)[C@H](O)C1CC1.Cl. The summed E-state index contributed by atoms with van der Waals surface area (Å²) in [5, 5.41) is 10.7. The fraction of sp³-hybridized carbons (Fsp3) is 0.500. The van der Waals surface area contributed by atoms with Gasteiger partial charge in [0.2, 0.25) is 0 Å². The average molecular weight is 262 g/mol. The Kier molecular flexibility index (Phi) is 4.62. The van der Waals surface area contributed by atoms with E-state index in [0.29, 0.717) is 10.9 Å². The summed E-state index contributed by atoms with van der Waals surface area (Å²) in [6, 6.07) is 5.34. The molecule has 3 N–H and O–H groups in total. The molecule has 2 atom stereocenters. The Labute approximate surface area is 107 Å². The first-order valence-corrected chi connectivity index (χ1v) is 5.67. The number of aryl methyl sites for hydroxylation is 1. The van der Waals surface area contributed by atoms with Crippen LogP contribution in [0.2, 0.25) is 5.02 Å². The Bertz CT molecular complexity index is 366. The van der Waals surface area contributed by atoms with Crippen LogP contribution in [0.25, 0.3) is 0 Å². The number of aliphatic hydroxyl groups excluding tert-OH is 1. The van der Waals surface area contributed by atoms with Crippen LogP contribution in [-0.2, 0) is 0 Å². The third kappa shape index (κ3) is 2.89. The van der Waals surface area contributed by atoms with Crippen molar-refractivity contribution in [1.29, 1.82) is 0 Å². The van der Waals surface area contributed by atoms with Crippen molar-refractivity contribution in [2.24, 2.45) is 11.7 Å². The number of nitrogens with two attached hydrogens (primary N) is 1. The molecule has 1 aromatic rings. The van der Waals surface area contributed by atoms with Gasteiger partial charge in [0.05, 0.1) is 12.1 Å². The van der Waals surface area contributed by atoms with E-state index in [1.54, 1.807) is 0 Å². The van der Waals surface area contributed by atoms with E-state index >= 15 is 0 Å². The highest BCUT2D eigenvalue weighted by molar-refractivity contribution is 6.30. The smallest absolute Gasteiger partial charge is 0.0760 e. The molecule has 0 spiro atoms. The van der Waals surface area contributed by atoms with Crippen LogP contribution < -0.4 is 5.73 Å². The van der Waals surface area contributed by atoms with Crippen molar-refractivity contribution in [1.82, 2.24) is 0 Å². The molecule has 0 aliphatic heterocycles. The molecule has 0 radical (unpaired) electrons. The zero-order chi connectivity index (χ0) is 11.0. The van der Waals surface area contributed by atoms with Gasteiger partial charge in [-0.05, 0) is 48.9 Å². The standard InChI is InChI=1S/C12H16ClNO.ClH/c1-7-6-9(13)4-5-10(7)11(14)12(15)8-2-3-8;/h4-6,8,11-12,15H,2-3,14H2,1H3;1H/t11-,12+;/m0./s1. The van der Waals surface area contributed by atoms with Gasteiger partial charge in [-0.25, -0.2) is 0 Å². The molecule has 0 bridgehead atoms. The summed E-state index contributed by atoms with van der Waals surface area (Å²) >= 11 is 5.87. The largest absolute Gasteiger partial charge is 0.391 e.